The first kappa shape index (κ1) is 18.5. The van der Waals surface area contributed by atoms with Crippen molar-refractivity contribution >= 4 is 24.1 Å². The molecule has 1 aromatic rings. The van der Waals surface area contributed by atoms with Crippen LogP contribution in [0.25, 0.3) is 0 Å². The van der Waals surface area contributed by atoms with E-state index in [1.54, 1.807) is 26.0 Å². The van der Waals surface area contributed by atoms with Gasteiger partial charge in [0.25, 0.3) is 5.91 Å². The number of hydrogen-bond acceptors (Lipinski definition) is 4. The maximum Gasteiger partial charge on any atom is 0.261 e. The first-order chi connectivity index (χ1) is 11.0. The van der Waals surface area contributed by atoms with Crippen molar-refractivity contribution in [1.29, 1.82) is 0 Å². The molecular formula is C17H22N2O4. The maximum absolute atomic E-state index is 12.6. The number of piperidine rings is 1. The van der Waals surface area contributed by atoms with E-state index in [1.807, 2.05) is 19.9 Å². The third-order valence-corrected chi connectivity index (χ3v) is 3.59. The summed E-state index contributed by atoms with van der Waals surface area (Å²) in [5.41, 5.74) is 1.88. The van der Waals surface area contributed by atoms with Gasteiger partial charge in [-0.1, -0.05) is 32.0 Å². The molecule has 23 heavy (non-hydrogen) atoms. The first-order valence-electron chi connectivity index (χ1n) is 7.63. The van der Waals surface area contributed by atoms with E-state index in [2.05, 4.69) is 5.32 Å². The summed E-state index contributed by atoms with van der Waals surface area (Å²) >= 11 is 0. The molecule has 6 nitrogen and oxygen atoms in total. The maximum atomic E-state index is 12.6. The van der Waals surface area contributed by atoms with Gasteiger partial charge in [0, 0.05) is 12.0 Å². The van der Waals surface area contributed by atoms with Gasteiger partial charge in [0.2, 0.25) is 18.2 Å². The monoisotopic (exact) mass is 318 g/mol. The summed E-state index contributed by atoms with van der Waals surface area (Å²) < 4.78 is 0. The van der Waals surface area contributed by atoms with Crippen molar-refractivity contribution in [3.63, 3.8) is 0 Å². The van der Waals surface area contributed by atoms with Gasteiger partial charge in [-0.2, -0.15) is 0 Å². The van der Waals surface area contributed by atoms with Gasteiger partial charge in [0.05, 0.1) is 0 Å². The van der Waals surface area contributed by atoms with Gasteiger partial charge < -0.3 is 0 Å². The molecule has 1 atom stereocenters. The van der Waals surface area contributed by atoms with Crippen molar-refractivity contribution in [2.75, 3.05) is 0 Å². The molecule has 0 saturated carbocycles. The average molecular weight is 318 g/mol. The van der Waals surface area contributed by atoms with Crippen LogP contribution in [0.5, 0.6) is 0 Å². The highest BCUT2D eigenvalue weighted by molar-refractivity contribution is 6.08. The predicted octanol–water partition coefficient (Wildman–Crippen LogP) is 1.73. The lowest BCUT2D eigenvalue weighted by atomic mass is 9.99. The van der Waals surface area contributed by atoms with Crippen LogP contribution in [-0.2, 0) is 14.4 Å². The van der Waals surface area contributed by atoms with Crippen LogP contribution in [0.2, 0.25) is 0 Å². The van der Waals surface area contributed by atoms with Crippen LogP contribution in [-0.4, -0.2) is 35.1 Å². The van der Waals surface area contributed by atoms with Gasteiger partial charge in [-0.3, -0.25) is 29.4 Å². The molecule has 1 unspecified atom stereocenters. The molecule has 1 aliphatic rings. The molecule has 6 heteroatoms. The summed E-state index contributed by atoms with van der Waals surface area (Å²) in [6.07, 6.45) is 0.620. The van der Waals surface area contributed by atoms with Crippen LogP contribution < -0.4 is 5.32 Å². The van der Waals surface area contributed by atoms with Gasteiger partial charge >= 0.3 is 0 Å². The van der Waals surface area contributed by atoms with E-state index in [0.29, 0.717) is 12.0 Å². The number of benzene rings is 1. The molecule has 2 rings (SSSR count). The van der Waals surface area contributed by atoms with Crippen LogP contribution in [0.3, 0.4) is 0 Å². The predicted molar refractivity (Wildman–Crippen MR) is 85.7 cm³/mol. The summed E-state index contributed by atoms with van der Waals surface area (Å²) in [7, 11) is 0. The molecule has 4 amide bonds. The minimum atomic E-state index is -0.938. The second kappa shape index (κ2) is 8.22. The minimum absolute atomic E-state index is 0.112. The van der Waals surface area contributed by atoms with Gasteiger partial charge in [0.15, 0.2) is 0 Å². The topological polar surface area (TPSA) is 83.6 Å². The summed E-state index contributed by atoms with van der Waals surface area (Å²) in [4.78, 5) is 47.7. The van der Waals surface area contributed by atoms with Gasteiger partial charge in [-0.25, -0.2) is 0 Å². The van der Waals surface area contributed by atoms with E-state index in [0.717, 1.165) is 16.0 Å². The molecule has 124 valence electrons. The number of imide groups is 2. The Kier molecular flexibility index (Phi) is 6.63. The Labute approximate surface area is 135 Å². The number of amides is 4. The Hall–Kier alpha value is -2.50. The second-order valence-corrected chi connectivity index (χ2v) is 5.05. The Bertz CT molecular complexity index is 605. The molecular weight excluding hydrogens is 296 g/mol. The lowest BCUT2D eigenvalue weighted by Gasteiger charge is -2.29. The van der Waals surface area contributed by atoms with E-state index < -0.39 is 17.9 Å². The first-order valence-corrected chi connectivity index (χ1v) is 7.63. The van der Waals surface area contributed by atoms with Crippen LogP contribution in [0, 0.1) is 13.8 Å². The van der Waals surface area contributed by atoms with E-state index in [-0.39, 0.29) is 18.7 Å². The number of nitrogens with zero attached hydrogens (tertiary/aromatic N) is 1. The van der Waals surface area contributed by atoms with Crippen LogP contribution in [0.1, 0.15) is 48.2 Å². The van der Waals surface area contributed by atoms with E-state index in [4.69, 9.17) is 0 Å². The smallest absolute Gasteiger partial charge is 0.261 e. The molecule has 1 aromatic carbocycles. The highest BCUT2D eigenvalue weighted by Crippen LogP contribution is 2.19. The van der Waals surface area contributed by atoms with E-state index in [1.165, 1.54) is 0 Å². The Morgan fingerprint density at radius 3 is 2.26 bits per heavy atom. The summed E-state index contributed by atoms with van der Waals surface area (Å²) in [5.74, 6) is -1.52. The molecule has 1 saturated heterocycles. The number of aryl methyl sites for hydroxylation is 2. The summed E-state index contributed by atoms with van der Waals surface area (Å²) in [5, 5.41) is 2.15. The summed E-state index contributed by atoms with van der Waals surface area (Å²) in [6, 6.07) is 4.42. The highest BCUT2D eigenvalue weighted by Gasteiger charge is 2.35. The Balaban J connectivity index is 0.00000127. The number of nitrogens with one attached hydrogen (secondary N) is 1. The largest absolute Gasteiger partial charge is 0.295 e. The third kappa shape index (κ3) is 4.03. The van der Waals surface area contributed by atoms with Gasteiger partial charge in [-0.05, 0) is 31.4 Å². The van der Waals surface area contributed by atoms with Gasteiger partial charge in [0.1, 0.15) is 6.04 Å². The van der Waals surface area contributed by atoms with Crippen LogP contribution in [0.4, 0.5) is 0 Å². The molecule has 1 fully saturated rings. The lowest BCUT2D eigenvalue weighted by Crippen LogP contribution is -2.54. The second-order valence-electron chi connectivity index (χ2n) is 5.05. The average Bonchev–Trinajstić information content (AvgIpc) is 2.52. The molecule has 0 bridgehead atoms. The van der Waals surface area contributed by atoms with Crippen molar-refractivity contribution in [3.8, 4) is 0 Å². The fraction of sp³-hybridized carbons (Fsp3) is 0.412. The summed E-state index contributed by atoms with van der Waals surface area (Å²) in [6.45, 7) is 7.54. The van der Waals surface area contributed by atoms with Crippen LogP contribution >= 0.6 is 0 Å². The number of carbonyl (C=O) groups excluding carboxylic acids is 4. The number of hydrogen-bond donors (Lipinski definition) is 1. The zero-order valence-electron chi connectivity index (χ0n) is 13.9. The van der Waals surface area contributed by atoms with Crippen molar-refractivity contribution < 1.29 is 19.2 Å². The molecule has 0 aliphatic carbocycles. The van der Waals surface area contributed by atoms with Crippen molar-refractivity contribution in [2.45, 2.75) is 46.6 Å². The highest BCUT2D eigenvalue weighted by atomic mass is 16.2. The van der Waals surface area contributed by atoms with Crippen molar-refractivity contribution in [2.24, 2.45) is 0 Å². The minimum Gasteiger partial charge on any atom is -0.295 e. The molecule has 1 aliphatic heterocycles. The van der Waals surface area contributed by atoms with Crippen LogP contribution in [0.15, 0.2) is 18.2 Å². The van der Waals surface area contributed by atoms with Crippen molar-refractivity contribution in [1.82, 2.24) is 10.2 Å². The van der Waals surface area contributed by atoms with Gasteiger partial charge in [-0.15, -0.1) is 0 Å². The molecule has 0 radical (unpaired) electrons. The van der Waals surface area contributed by atoms with E-state index >= 15 is 0 Å². The quantitative estimate of drug-likeness (QED) is 0.679. The SMILES string of the molecule is CC.Cc1cccc(C)c1C(=O)N(C=O)C1CCC(=O)NC1=O. The van der Waals surface area contributed by atoms with Crippen molar-refractivity contribution in [3.05, 3.63) is 34.9 Å². The molecule has 0 aromatic heterocycles. The zero-order chi connectivity index (χ0) is 17.6. The normalized spacial score (nSPS) is 16.8. The fourth-order valence-electron chi connectivity index (χ4n) is 2.49. The Morgan fingerprint density at radius 1 is 1.22 bits per heavy atom. The lowest BCUT2D eigenvalue weighted by molar-refractivity contribution is -0.139. The molecule has 1 heterocycles. The Morgan fingerprint density at radius 2 is 1.78 bits per heavy atom. The zero-order valence-corrected chi connectivity index (χ0v) is 13.9. The molecule has 1 N–H and O–H groups in total. The number of rotatable bonds is 3. The molecule has 0 spiro atoms. The standard InChI is InChI=1S/C15H16N2O4.C2H6/c1-9-4-3-5-10(2)13(9)15(21)17(8-18)11-6-7-12(19)16-14(11)20;1-2/h3-5,8,11H,6-7H2,1-2H3,(H,16,19,20);1-2H3. The number of carbonyl (C=O) groups is 4. The van der Waals surface area contributed by atoms with E-state index in [9.17, 15) is 19.2 Å². The fourth-order valence-corrected chi connectivity index (χ4v) is 2.49. The third-order valence-electron chi connectivity index (χ3n) is 3.59.